The largest absolute Gasteiger partial charge is 0.256 e. The lowest BCUT2D eigenvalue weighted by molar-refractivity contribution is 1.33. The van der Waals surface area contributed by atoms with E-state index in [2.05, 4.69) is 546 Å². The van der Waals surface area contributed by atoms with Crippen molar-refractivity contribution in [2.24, 2.45) is 0 Å². The van der Waals surface area contributed by atoms with Gasteiger partial charge in [-0.3, -0.25) is 9.97 Å². The van der Waals surface area contributed by atoms with Gasteiger partial charge in [-0.25, -0.2) is 0 Å². The standard InChI is InChI=1S/C42H28Si.C40H26N2Si.C30H18Si.C30H20Si/c1-3-13-29(14-4-1)31-17-9-19-33(27-31)43(34-20-10-18-32(28-34)30-15-5-2-6-16-30)39-25-11-23-37-35-21-7-8-22-36(35)38-24-12-26-40(43)42(38)41(37)39;1-3-11-27(12-4-1)35-23-21-29(25-41-35)43(30-22-24-36(42-26-30)28-13-5-2-6-14-28)37-19-9-17-33-31-15-7-8-16-32(31)34-18-10-20-38(43)40(34)39(33)37;1-2-10-20-19(9-1)23-13-7-17-27-29(23)30-24(20)14-8-18-28(30)31(27)25-15-5-3-11-21(25)22-12-4-6-16-26(22)31;1-3-11-21(12-4-1)31(22-13-5-2-6-14-22)27-19-9-17-25-23-15-7-8-16-24(23)26-18-10-20-28(31)30(26)29(25)27/h1-28H;1-26H;1-18H;1-20H. The fraction of sp³-hybridized carbons (Fsp3) is 0. The maximum Gasteiger partial charge on any atom is 0.184 e. The third-order valence-electron chi connectivity index (χ3n) is 33.5. The summed E-state index contributed by atoms with van der Waals surface area (Å²) in [6.07, 6.45) is 4.28. The Kier molecular flexibility index (Phi) is 19.6. The van der Waals surface area contributed by atoms with E-state index in [-0.39, 0.29) is 0 Å². The number of pyridine rings is 2. The number of hydrogen-bond acceptors (Lipinski definition) is 2. The molecule has 686 valence electrons. The molecule has 0 unspecified atom stereocenters. The minimum atomic E-state index is -2.76. The van der Waals surface area contributed by atoms with E-state index in [9.17, 15) is 0 Å². The lowest BCUT2D eigenvalue weighted by atomic mass is 9.95. The molecule has 0 fully saturated rings. The molecule has 5 aliphatic heterocycles. The number of hydrogen-bond donors (Lipinski definition) is 0. The quantitative estimate of drug-likeness (QED) is 0.101. The molecular formula is C142H92N2Si4. The van der Waals surface area contributed by atoms with E-state index in [1.54, 1.807) is 20.7 Å². The van der Waals surface area contributed by atoms with Gasteiger partial charge in [-0.1, -0.05) is 534 Å². The first-order chi connectivity index (χ1) is 73.5. The van der Waals surface area contributed by atoms with Gasteiger partial charge < -0.3 is 0 Å². The number of nitrogens with zero attached hydrogens (tertiary/aromatic N) is 2. The minimum absolute atomic E-state index is 0.990. The molecule has 0 radical (unpaired) electrons. The van der Waals surface area contributed by atoms with Crippen molar-refractivity contribution in [3.05, 3.63) is 558 Å². The third-order valence-corrected chi connectivity index (χ3v) is 52.8. The molecule has 26 aromatic carbocycles. The Balaban J connectivity index is 0.0000000921. The van der Waals surface area contributed by atoms with Gasteiger partial charge in [0.2, 0.25) is 0 Å². The van der Waals surface area contributed by atoms with Crippen LogP contribution in [0.3, 0.4) is 0 Å². The van der Waals surface area contributed by atoms with E-state index in [0.717, 1.165) is 22.5 Å². The molecule has 0 aliphatic carbocycles. The average molecular weight is 1940 g/mol. The van der Waals surface area contributed by atoms with Crippen molar-refractivity contribution in [3.63, 3.8) is 0 Å². The van der Waals surface area contributed by atoms with Crippen LogP contribution in [0, 0.1) is 0 Å². The lowest BCUT2D eigenvalue weighted by Crippen LogP contribution is -2.73. The van der Waals surface area contributed by atoms with Gasteiger partial charge in [0.25, 0.3) is 0 Å². The summed E-state index contributed by atoms with van der Waals surface area (Å²) in [7, 11) is -10.2. The Bertz CT molecular complexity index is 9610. The maximum absolute atomic E-state index is 5.09. The zero-order chi connectivity index (χ0) is 97.3. The fourth-order valence-electron chi connectivity index (χ4n) is 27.7. The first-order valence-electron chi connectivity index (χ1n) is 51.6. The molecule has 0 amide bonds. The van der Waals surface area contributed by atoms with Crippen molar-refractivity contribution in [1.82, 2.24) is 9.97 Å². The molecule has 0 saturated heterocycles. The predicted molar refractivity (Wildman–Crippen MR) is 641 cm³/mol. The van der Waals surface area contributed by atoms with Gasteiger partial charge in [-0.15, -0.1) is 0 Å². The smallest absolute Gasteiger partial charge is 0.184 e. The average Bonchev–Trinajstić information content (AvgIpc) is 1.50. The van der Waals surface area contributed by atoms with Crippen LogP contribution in [0.15, 0.2) is 558 Å². The van der Waals surface area contributed by atoms with Crippen LogP contribution in [0.2, 0.25) is 0 Å². The lowest BCUT2D eigenvalue weighted by Gasteiger charge is -2.32. The van der Waals surface area contributed by atoms with Crippen molar-refractivity contribution in [3.8, 4) is 55.9 Å². The molecule has 2 nitrogen and oxygen atoms in total. The Hall–Kier alpha value is -18.0. The summed E-state index contributed by atoms with van der Waals surface area (Å²) < 4.78 is 0. The van der Waals surface area contributed by atoms with Crippen LogP contribution in [0.5, 0.6) is 0 Å². The summed E-state index contributed by atoms with van der Waals surface area (Å²) in [6, 6.07) is 203. The zero-order valence-corrected chi connectivity index (χ0v) is 85.0. The molecule has 0 saturated carbocycles. The molecule has 148 heavy (non-hydrogen) atoms. The number of benzene rings is 26. The van der Waals surface area contributed by atoms with E-state index in [4.69, 9.17) is 9.97 Å². The Morgan fingerprint density at radius 2 is 0.304 bits per heavy atom. The summed E-state index contributed by atoms with van der Waals surface area (Å²) in [5, 5.41) is 56.7. The number of aromatic nitrogens is 2. The van der Waals surface area contributed by atoms with Gasteiger partial charge >= 0.3 is 0 Å². The van der Waals surface area contributed by atoms with Crippen molar-refractivity contribution in [1.29, 1.82) is 0 Å². The van der Waals surface area contributed by atoms with E-state index in [0.29, 0.717) is 0 Å². The molecule has 0 bridgehead atoms. The molecule has 33 rings (SSSR count). The van der Waals surface area contributed by atoms with Gasteiger partial charge in [-0.2, -0.15) is 0 Å². The highest BCUT2D eigenvalue weighted by atomic mass is 28.3. The summed E-state index contributed by atoms with van der Waals surface area (Å²) in [4.78, 5) is 10.2. The molecule has 1 spiro atoms. The van der Waals surface area contributed by atoms with Crippen molar-refractivity contribution < 1.29 is 0 Å². The Morgan fingerprint density at radius 3 is 0.568 bits per heavy atom. The van der Waals surface area contributed by atoms with Gasteiger partial charge in [0, 0.05) is 23.5 Å². The molecular weight excluding hydrogens is 1850 g/mol. The molecule has 0 atom stereocenters. The second kappa shape index (κ2) is 33.8. The third kappa shape index (κ3) is 12.2. The summed E-state index contributed by atoms with van der Waals surface area (Å²) in [5.41, 5.74) is 12.1. The number of fused-ring (bicyclic) bond motifs is 19. The molecule has 7 heterocycles. The topological polar surface area (TPSA) is 25.8 Å². The monoisotopic (exact) mass is 1940 g/mol. The normalized spacial score (nSPS) is 13.8. The van der Waals surface area contributed by atoms with Gasteiger partial charge in [0.1, 0.15) is 0 Å². The maximum atomic E-state index is 5.09. The minimum Gasteiger partial charge on any atom is -0.256 e. The van der Waals surface area contributed by atoms with Gasteiger partial charge in [0.15, 0.2) is 32.3 Å². The van der Waals surface area contributed by atoms with Crippen LogP contribution in [0.4, 0.5) is 0 Å². The molecule has 6 heteroatoms. The highest BCUT2D eigenvalue weighted by Crippen LogP contribution is 2.46. The van der Waals surface area contributed by atoms with Crippen LogP contribution in [0.1, 0.15) is 0 Å². The summed E-state index contributed by atoms with van der Waals surface area (Å²) in [5.74, 6) is 0. The first kappa shape index (κ1) is 85.6. The van der Waals surface area contributed by atoms with Crippen LogP contribution < -0.4 is 83.0 Å². The van der Waals surface area contributed by atoms with Gasteiger partial charge in [-0.05, 0) is 258 Å². The SMILES string of the molecule is c1ccc(-c2ccc([Si]3(c4ccc(-c5ccccc5)nc4)c4cccc5c6ccccc6c6cccc3c6c45)cn2)cc1.c1ccc(-c2cccc([Si]3(c4cccc(-c5ccccc5)c4)c4cccc5c6ccccc6c6cccc3c6c45)c2)cc1.c1ccc([Si]2(c3ccccc3)c3cccc4c5ccccc5c5cccc2c5c34)cc1.c1ccc2c(c1)-c1ccccc1[Si]21c2cccc3c4ccccc4c4cccc1c4c23. The summed E-state index contributed by atoms with van der Waals surface area (Å²) in [6.45, 7) is 0. The van der Waals surface area contributed by atoms with Crippen LogP contribution in [-0.2, 0) is 0 Å². The second-order valence-electron chi connectivity index (χ2n) is 40.3. The molecule has 0 N–H and O–H groups in total. The predicted octanol–water partition coefficient (Wildman–Crippen LogP) is 24.8. The summed E-state index contributed by atoms with van der Waals surface area (Å²) >= 11 is 0. The van der Waals surface area contributed by atoms with Crippen molar-refractivity contribution >= 4 is 245 Å². The van der Waals surface area contributed by atoms with E-state index in [1.165, 1.54) is 225 Å². The van der Waals surface area contributed by atoms with Crippen LogP contribution in [0.25, 0.3) is 185 Å². The highest BCUT2D eigenvalue weighted by Gasteiger charge is 2.55. The van der Waals surface area contributed by atoms with Crippen molar-refractivity contribution in [2.45, 2.75) is 0 Å². The van der Waals surface area contributed by atoms with Crippen molar-refractivity contribution in [2.75, 3.05) is 0 Å². The van der Waals surface area contributed by atoms with E-state index >= 15 is 0 Å². The van der Waals surface area contributed by atoms with Crippen LogP contribution in [-0.4, -0.2) is 42.3 Å². The second-order valence-corrected chi connectivity index (χ2v) is 55.2. The Morgan fingerprint density at radius 1 is 0.115 bits per heavy atom. The van der Waals surface area contributed by atoms with E-state index in [1.807, 2.05) is 12.1 Å². The van der Waals surface area contributed by atoms with Crippen LogP contribution >= 0.6 is 0 Å². The molecule has 2 aromatic heterocycles. The first-order valence-corrected chi connectivity index (χ1v) is 59.6. The Labute approximate surface area is 861 Å². The zero-order valence-electron chi connectivity index (χ0n) is 81.0. The van der Waals surface area contributed by atoms with E-state index < -0.39 is 32.3 Å². The fourth-order valence-corrected chi connectivity index (χ4v) is 48.9. The molecule has 28 aromatic rings. The number of rotatable bonds is 10. The van der Waals surface area contributed by atoms with Gasteiger partial charge in [0.05, 0.1) is 11.4 Å². The highest BCUT2D eigenvalue weighted by molar-refractivity contribution is 7.26. The molecule has 5 aliphatic rings.